The van der Waals surface area contributed by atoms with Crippen LogP contribution in [0.4, 0.5) is 5.13 Å². The molecule has 2 amide bonds. The zero-order chi connectivity index (χ0) is 20.7. The van der Waals surface area contributed by atoms with Gasteiger partial charge in [-0.25, -0.2) is 9.78 Å². The smallest absolute Gasteiger partial charge is 0.408 e. The number of amides is 2. The minimum absolute atomic E-state index is 0.0776. The van der Waals surface area contributed by atoms with E-state index in [4.69, 9.17) is 4.42 Å². The third-order valence-electron chi connectivity index (χ3n) is 4.95. The van der Waals surface area contributed by atoms with Crippen LogP contribution in [0.15, 0.2) is 50.3 Å². The molecule has 0 saturated heterocycles. The van der Waals surface area contributed by atoms with Crippen LogP contribution in [0.5, 0.6) is 0 Å². The van der Waals surface area contributed by atoms with Crippen molar-refractivity contribution < 1.29 is 14.0 Å². The van der Waals surface area contributed by atoms with E-state index in [0.717, 1.165) is 10.6 Å². The normalized spacial score (nSPS) is 13.4. The summed E-state index contributed by atoms with van der Waals surface area (Å²) >= 11 is 2.83. The highest BCUT2D eigenvalue weighted by molar-refractivity contribution is 7.16. The first-order valence-electron chi connectivity index (χ1n) is 9.27. The second-order valence-electron chi connectivity index (χ2n) is 6.84. The Morgan fingerprint density at radius 2 is 2.10 bits per heavy atom. The first-order valence-corrected chi connectivity index (χ1v) is 11.0. The number of nitrogens with one attached hydrogen (secondary N) is 1. The number of fused-ring (bicyclic) bond motifs is 2. The highest BCUT2D eigenvalue weighted by Crippen LogP contribution is 2.29. The molecule has 152 valence electrons. The third-order valence-corrected chi connectivity index (χ3v) is 6.64. The summed E-state index contributed by atoms with van der Waals surface area (Å²) in [6, 6.07) is 8.80. The van der Waals surface area contributed by atoms with Crippen molar-refractivity contribution in [1.29, 1.82) is 0 Å². The Balaban J connectivity index is 1.30. The predicted octanol–water partition coefficient (Wildman–Crippen LogP) is 2.95. The number of benzene rings is 1. The summed E-state index contributed by atoms with van der Waals surface area (Å²) in [5.74, 6) is -0.897. The van der Waals surface area contributed by atoms with E-state index < -0.39 is 5.76 Å². The number of para-hydroxylation sites is 2. The molecule has 10 heteroatoms. The number of carbonyl (C=O) groups excluding carboxylic acids is 2. The molecule has 1 aromatic carbocycles. The van der Waals surface area contributed by atoms with E-state index >= 15 is 0 Å². The molecule has 0 atom stereocenters. The first-order chi connectivity index (χ1) is 14.6. The molecular formula is C20H16N4O4S2. The van der Waals surface area contributed by atoms with Crippen LogP contribution in [0.2, 0.25) is 0 Å². The minimum atomic E-state index is -0.543. The van der Waals surface area contributed by atoms with Gasteiger partial charge in [0.2, 0.25) is 5.91 Å². The fourth-order valence-corrected chi connectivity index (χ4v) is 5.08. The molecule has 4 aromatic rings. The van der Waals surface area contributed by atoms with Gasteiger partial charge in [0, 0.05) is 23.2 Å². The Hall–Kier alpha value is -3.24. The Kier molecular flexibility index (Phi) is 4.72. The van der Waals surface area contributed by atoms with Gasteiger partial charge in [0.15, 0.2) is 10.7 Å². The maximum atomic E-state index is 12.9. The van der Waals surface area contributed by atoms with Gasteiger partial charge < -0.3 is 9.32 Å². The van der Waals surface area contributed by atoms with E-state index in [1.165, 1.54) is 27.2 Å². The van der Waals surface area contributed by atoms with Crippen molar-refractivity contribution in [1.82, 2.24) is 14.5 Å². The van der Waals surface area contributed by atoms with Gasteiger partial charge in [-0.05, 0) is 23.6 Å². The zero-order valence-electron chi connectivity index (χ0n) is 15.7. The average molecular weight is 441 g/mol. The van der Waals surface area contributed by atoms with Gasteiger partial charge in [0.1, 0.15) is 6.54 Å². The quantitative estimate of drug-likeness (QED) is 0.526. The molecule has 0 aliphatic carbocycles. The number of aromatic nitrogens is 2. The summed E-state index contributed by atoms with van der Waals surface area (Å²) in [6.07, 6.45) is 0.604. The molecule has 0 unspecified atom stereocenters. The summed E-state index contributed by atoms with van der Waals surface area (Å²) < 4.78 is 6.56. The number of hydrogen-bond acceptors (Lipinski definition) is 7. The van der Waals surface area contributed by atoms with E-state index in [0.29, 0.717) is 41.3 Å². The fourth-order valence-electron chi connectivity index (χ4n) is 3.42. The van der Waals surface area contributed by atoms with Crippen molar-refractivity contribution >= 4 is 50.7 Å². The summed E-state index contributed by atoms with van der Waals surface area (Å²) in [4.78, 5) is 44.4. The van der Waals surface area contributed by atoms with E-state index in [1.807, 2.05) is 5.38 Å². The molecule has 0 bridgehead atoms. The highest BCUT2D eigenvalue weighted by Gasteiger charge is 2.26. The molecular weight excluding hydrogens is 424 g/mol. The number of nitrogens with zero attached hydrogens (tertiary/aromatic N) is 3. The summed E-state index contributed by atoms with van der Waals surface area (Å²) in [5, 5.41) is 6.98. The van der Waals surface area contributed by atoms with Crippen molar-refractivity contribution in [3.8, 4) is 0 Å². The second kappa shape index (κ2) is 7.54. The van der Waals surface area contributed by atoms with Crippen LogP contribution >= 0.6 is 22.7 Å². The number of oxazole rings is 1. The van der Waals surface area contributed by atoms with Gasteiger partial charge in [0.25, 0.3) is 5.91 Å². The van der Waals surface area contributed by atoms with Gasteiger partial charge >= 0.3 is 5.76 Å². The second-order valence-corrected chi connectivity index (χ2v) is 8.71. The number of thiophene rings is 1. The molecule has 0 radical (unpaired) electrons. The van der Waals surface area contributed by atoms with Crippen LogP contribution in [-0.2, 0) is 24.3 Å². The molecule has 5 rings (SSSR count). The number of hydrogen-bond donors (Lipinski definition) is 1. The Morgan fingerprint density at radius 1 is 1.23 bits per heavy atom. The highest BCUT2D eigenvalue weighted by atomic mass is 32.1. The van der Waals surface area contributed by atoms with Gasteiger partial charge in [-0.1, -0.05) is 23.5 Å². The number of thiazole rings is 1. The maximum Gasteiger partial charge on any atom is 0.420 e. The maximum absolute atomic E-state index is 12.9. The largest absolute Gasteiger partial charge is 0.420 e. The van der Waals surface area contributed by atoms with E-state index in [2.05, 4.69) is 10.3 Å². The third kappa shape index (κ3) is 3.44. The minimum Gasteiger partial charge on any atom is -0.408 e. The summed E-state index contributed by atoms with van der Waals surface area (Å²) in [7, 11) is 0. The van der Waals surface area contributed by atoms with Crippen molar-refractivity contribution in [2.24, 2.45) is 0 Å². The Labute approximate surface area is 178 Å². The lowest BCUT2D eigenvalue weighted by molar-refractivity contribution is -0.132. The molecule has 1 N–H and O–H groups in total. The molecule has 0 fully saturated rings. The lowest BCUT2D eigenvalue weighted by Crippen LogP contribution is -2.38. The Bertz CT molecular complexity index is 1300. The van der Waals surface area contributed by atoms with Crippen LogP contribution in [-0.4, -0.2) is 32.8 Å². The van der Waals surface area contributed by atoms with Crippen molar-refractivity contribution in [2.45, 2.75) is 19.5 Å². The molecule has 4 heterocycles. The van der Waals surface area contributed by atoms with Crippen LogP contribution < -0.4 is 11.1 Å². The van der Waals surface area contributed by atoms with Crippen LogP contribution in [0.3, 0.4) is 0 Å². The zero-order valence-corrected chi connectivity index (χ0v) is 17.3. The molecule has 0 saturated carbocycles. The van der Waals surface area contributed by atoms with Gasteiger partial charge in [0.05, 0.1) is 23.3 Å². The van der Waals surface area contributed by atoms with E-state index in [9.17, 15) is 14.4 Å². The summed E-state index contributed by atoms with van der Waals surface area (Å²) in [5.41, 5.74) is 2.56. The number of carbonyl (C=O) groups is 2. The topological polar surface area (TPSA) is 97.4 Å². The SMILES string of the molecule is O=C(Nc1nc2c(s1)CN(C(=O)Cn1c(=O)oc3ccccc31)CC2)c1ccsc1. The van der Waals surface area contributed by atoms with Gasteiger partial charge in [-0.2, -0.15) is 11.3 Å². The average Bonchev–Trinajstić information content (AvgIpc) is 3.46. The van der Waals surface area contributed by atoms with Gasteiger partial charge in [-0.15, -0.1) is 0 Å². The van der Waals surface area contributed by atoms with Crippen LogP contribution in [0.25, 0.3) is 11.1 Å². The molecule has 1 aliphatic heterocycles. The summed E-state index contributed by atoms with van der Waals surface area (Å²) in [6.45, 7) is 0.842. The predicted molar refractivity (Wildman–Crippen MR) is 114 cm³/mol. The first kappa shape index (κ1) is 18.8. The lowest BCUT2D eigenvalue weighted by atomic mass is 10.2. The molecule has 0 spiro atoms. The molecule has 1 aliphatic rings. The molecule has 30 heavy (non-hydrogen) atoms. The number of rotatable bonds is 4. The number of anilines is 1. The lowest BCUT2D eigenvalue weighted by Gasteiger charge is -2.26. The van der Waals surface area contributed by atoms with E-state index in [1.54, 1.807) is 40.6 Å². The molecule has 3 aromatic heterocycles. The fraction of sp³-hybridized carbons (Fsp3) is 0.200. The standard InChI is InChI=1S/C20H16N4O4S2/c25-17(10-24-14-3-1-2-4-15(14)28-20(24)27)23-7-5-13-16(9-23)30-19(21-13)22-18(26)12-6-8-29-11-12/h1-4,6,8,11H,5,7,9-10H2,(H,21,22,26). The van der Waals surface area contributed by atoms with E-state index in [-0.39, 0.29) is 18.4 Å². The Morgan fingerprint density at radius 3 is 2.93 bits per heavy atom. The van der Waals surface area contributed by atoms with Crippen molar-refractivity contribution in [3.05, 3.63) is 67.8 Å². The van der Waals surface area contributed by atoms with Crippen LogP contribution in [0.1, 0.15) is 20.9 Å². The van der Waals surface area contributed by atoms with Crippen LogP contribution in [0, 0.1) is 0 Å². The van der Waals surface area contributed by atoms with Crippen molar-refractivity contribution in [3.63, 3.8) is 0 Å². The monoisotopic (exact) mass is 440 g/mol. The van der Waals surface area contributed by atoms with Crippen molar-refractivity contribution in [2.75, 3.05) is 11.9 Å². The molecule has 8 nitrogen and oxygen atoms in total. The van der Waals surface area contributed by atoms with Gasteiger partial charge in [-0.3, -0.25) is 19.5 Å².